The van der Waals surface area contributed by atoms with Crippen LogP contribution in [0, 0.1) is 0 Å². The molecule has 10 heteroatoms. The van der Waals surface area contributed by atoms with E-state index in [1.54, 1.807) is 13.2 Å². The minimum absolute atomic E-state index is 0.480. The van der Waals surface area contributed by atoms with Crippen molar-refractivity contribution in [2.24, 2.45) is 0 Å². The lowest BCUT2D eigenvalue weighted by Crippen LogP contribution is -2.50. The number of para-hydroxylation sites is 1. The van der Waals surface area contributed by atoms with Gasteiger partial charge < -0.3 is 20.1 Å². The molecule has 0 bridgehead atoms. The molecule has 0 radical (unpaired) electrons. The first-order valence-electron chi connectivity index (χ1n) is 12.5. The Balaban J connectivity index is 1.35. The molecule has 0 saturated carbocycles. The van der Waals surface area contributed by atoms with Gasteiger partial charge in [-0.2, -0.15) is 4.98 Å². The van der Waals surface area contributed by atoms with Crippen LogP contribution in [0.4, 0.5) is 23.0 Å². The van der Waals surface area contributed by atoms with E-state index in [0.717, 1.165) is 48.3 Å². The lowest BCUT2D eigenvalue weighted by Gasteiger charge is -2.35. The Morgan fingerprint density at radius 3 is 2.68 bits per heavy atom. The van der Waals surface area contributed by atoms with Gasteiger partial charge >= 0.3 is 0 Å². The molecule has 9 nitrogen and oxygen atoms in total. The second kappa shape index (κ2) is 10.4. The zero-order valence-corrected chi connectivity index (χ0v) is 22.2. The number of piperazine rings is 1. The fourth-order valence-corrected chi connectivity index (χ4v) is 5.23. The summed E-state index contributed by atoms with van der Waals surface area (Å²) in [6.07, 6.45) is 6.08. The second-order valence-corrected chi connectivity index (χ2v) is 11.5. The Labute approximate surface area is 218 Å². The molecule has 1 saturated heterocycles. The van der Waals surface area contributed by atoms with E-state index in [-0.39, 0.29) is 0 Å². The van der Waals surface area contributed by atoms with Gasteiger partial charge in [0.25, 0.3) is 0 Å². The number of sulfonamides is 1. The average molecular weight is 520 g/mol. The maximum absolute atomic E-state index is 12.1. The minimum Gasteiger partial charge on any atom is -0.369 e. The lowest BCUT2D eigenvalue weighted by molar-refractivity contribution is 0.447. The van der Waals surface area contributed by atoms with Crippen molar-refractivity contribution < 1.29 is 8.42 Å². The molecule has 2 aromatic heterocycles. The van der Waals surface area contributed by atoms with Crippen molar-refractivity contribution in [3.63, 3.8) is 0 Å². The Hall–Kier alpha value is -3.63. The predicted octanol–water partition coefficient (Wildman–Crippen LogP) is 3.81. The maximum Gasteiger partial charge on any atom is 0.232 e. The van der Waals surface area contributed by atoms with Gasteiger partial charge in [-0.1, -0.05) is 25.1 Å². The zero-order valence-electron chi connectivity index (χ0n) is 21.4. The number of nitrogens with zero attached hydrogens (tertiary/aromatic N) is 5. The number of anilines is 4. The molecular formula is C27H33N7O2S. The van der Waals surface area contributed by atoms with Crippen molar-refractivity contribution >= 4 is 44.1 Å². The fourth-order valence-electron chi connectivity index (χ4n) is 4.69. The molecule has 0 spiro atoms. The number of aromatic nitrogens is 3. The first-order valence-corrected chi connectivity index (χ1v) is 14.4. The van der Waals surface area contributed by atoms with Gasteiger partial charge in [0.1, 0.15) is 5.65 Å². The van der Waals surface area contributed by atoms with Gasteiger partial charge in [0, 0.05) is 61.9 Å². The Bertz CT molecular complexity index is 1480. The molecule has 4 aromatic rings. The molecular weight excluding hydrogens is 486 g/mol. The van der Waals surface area contributed by atoms with Gasteiger partial charge in [0.2, 0.25) is 16.0 Å². The lowest BCUT2D eigenvalue weighted by atomic mass is 10.1. The molecule has 1 atom stereocenters. The van der Waals surface area contributed by atoms with E-state index in [1.807, 2.05) is 41.1 Å². The monoisotopic (exact) mass is 519 g/mol. The summed E-state index contributed by atoms with van der Waals surface area (Å²) in [6.45, 7) is 5.72. The molecule has 2 N–H and O–H groups in total. The third-order valence-electron chi connectivity index (χ3n) is 6.91. The van der Waals surface area contributed by atoms with E-state index < -0.39 is 10.0 Å². The van der Waals surface area contributed by atoms with Crippen LogP contribution in [0.2, 0.25) is 0 Å². The summed E-state index contributed by atoms with van der Waals surface area (Å²) < 4.78 is 27.6. The summed E-state index contributed by atoms with van der Waals surface area (Å²) >= 11 is 0. The SMILES string of the molecule is CCC1CN(c2ccc(Nc3ncc4ccn(Cc5ccccc5N(C)S(C)(=O)=O)c4n3)cc2)CCN1. The highest BCUT2D eigenvalue weighted by Crippen LogP contribution is 2.25. The molecule has 37 heavy (non-hydrogen) atoms. The van der Waals surface area contributed by atoms with Crippen molar-refractivity contribution in [1.82, 2.24) is 19.9 Å². The average Bonchev–Trinajstić information content (AvgIpc) is 3.30. The Morgan fingerprint density at radius 2 is 1.92 bits per heavy atom. The van der Waals surface area contributed by atoms with Gasteiger partial charge in [-0.25, -0.2) is 13.4 Å². The highest BCUT2D eigenvalue weighted by atomic mass is 32.2. The molecule has 2 aromatic carbocycles. The van der Waals surface area contributed by atoms with E-state index in [4.69, 9.17) is 4.98 Å². The zero-order chi connectivity index (χ0) is 26.0. The van der Waals surface area contributed by atoms with Crippen molar-refractivity contribution in [3.8, 4) is 0 Å². The number of benzene rings is 2. The summed E-state index contributed by atoms with van der Waals surface area (Å²) in [5.74, 6) is 0.509. The smallest absolute Gasteiger partial charge is 0.232 e. The van der Waals surface area contributed by atoms with Crippen LogP contribution in [0.5, 0.6) is 0 Å². The van der Waals surface area contributed by atoms with Crippen molar-refractivity contribution in [3.05, 3.63) is 72.6 Å². The molecule has 3 heterocycles. The van der Waals surface area contributed by atoms with Gasteiger partial charge in [0.15, 0.2) is 0 Å². The molecule has 5 rings (SSSR count). The highest BCUT2D eigenvalue weighted by molar-refractivity contribution is 7.92. The summed E-state index contributed by atoms with van der Waals surface area (Å²) in [6, 6.07) is 18.4. The highest BCUT2D eigenvalue weighted by Gasteiger charge is 2.18. The standard InChI is InChI=1S/C27H33N7O2S/c1-4-22-19-33(16-14-28-22)24-11-9-23(10-12-24)30-27-29-17-20-13-15-34(26(20)31-27)18-21-7-5-6-8-25(21)32(2)37(3,35)36/h5-13,15,17,22,28H,4,14,16,18-19H2,1-3H3,(H,29,30,31). The first kappa shape index (κ1) is 25.0. The molecule has 1 fully saturated rings. The number of nitrogens with one attached hydrogen (secondary N) is 2. The quantitative estimate of drug-likeness (QED) is 0.366. The van der Waals surface area contributed by atoms with Crippen molar-refractivity contribution in [2.75, 3.05) is 47.5 Å². The number of hydrogen-bond donors (Lipinski definition) is 2. The van der Waals surface area contributed by atoms with E-state index in [0.29, 0.717) is 24.2 Å². The van der Waals surface area contributed by atoms with Crippen LogP contribution < -0.4 is 19.8 Å². The van der Waals surface area contributed by atoms with E-state index in [9.17, 15) is 8.42 Å². The van der Waals surface area contributed by atoms with Crippen LogP contribution in [0.3, 0.4) is 0 Å². The van der Waals surface area contributed by atoms with Gasteiger partial charge in [-0.3, -0.25) is 4.31 Å². The van der Waals surface area contributed by atoms with Crippen LogP contribution >= 0.6 is 0 Å². The molecule has 1 aliphatic heterocycles. The Morgan fingerprint density at radius 1 is 1.14 bits per heavy atom. The summed E-state index contributed by atoms with van der Waals surface area (Å²) in [5.41, 5.74) is 4.44. The normalized spacial score (nSPS) is 16.2. The number of hydrogen-bond acceptors (Lipinski definition) is 7. The topological polar surface area (TPSA) is 95.4 Å². The van der Waals surface area contributed by atoms with Crippen LogP contribution in [0.1, 0.15) is 18.9 Å². The Kier molecular flexibility index (Phi) is 7.03. The summed E-state index contributed by atoms with van der Waals surface area (Å²) in [7, 11) is -1.80. The third-order valence-corrected chi connectivity index (χ3v) is 8.10. The van der Waals surface area contributed by atoms with E-state index in [1.165, 1.54) is 16.2 Å². The van der Waals surface area contributed by atoms with Crippen LogP contribution in [0.15, 0.2) is 67.0 Å². The minimum atomic E-state index is -3.37. The van der Waals surface area contributed by atoms with Crippen molar-refractivity contribution in [2.45, 2.75) is 25.9 Å². The molecule has 194 valence electrons. The largest absolute Gasteiger partial charge is 0.369 e. The summed E-state index contributed by atoms with van der Waals surface area (Å²) in [4.78, 5) is 11.7. The van der Waals surface area contributed by atoms with Gasteiger partial charge in [0.05, 0.1) is 18.5 Å². The fraction of sp³-hybridized carbons (Fsp3) is 0.333. The number of fused-ring (bicyclic) bond motifs is 1. The summed E-state index contributed by atoms with van der Waals surface area (Å²) in [5, 5.41) is 7.80. The van der Waals surface area contributed by atoms with Gasteiger partial charge in [-0.05, 0) is 48.4 Å². The van der Waals surface area contributed by atoms with Crippen LogP contribution in [0.25, 0.3) is 11.0 Å². The van der Waals surface area contributed by atoms with Crippen LogP contribution in [-0.4, -0.2) is 61.9 Å². The van der Waals surface area contributed by atoms with Crippen molar-refractivity contribution in [1.29, 1.82) is 0 Å². The third kappa shape index (κ3) is 5.55. The molecule has 1 unspecified atom stereocenters. The molecule has 0 aliphatic carbocycles. The first-order chi connectivity index (χ1) is 17.8. The number of rotatable bonds is 8. The maximum atomic E-state index is 12.1. The van der Waals surface area contributed by atoms with E-state index in [2.05, 4.69) is 51.7 Å². The van der Waals surface area contributed by atoms with E-state index >= 15 is 0 Å². The van der Waals surface area contributed by atoms with Gasteiger partial charge in [-0.15, -0.1) is 0 Å². The molecule has 1 aliphatic rings. The predicted molar refractivity (Wildman–Crippen MR) is 150 cm³/mol. The molecule has 0 amide bonds. The van der Waals surface area contributed by atoms with Crippen LogP contribution in [-0.2, 0) is 16.6 Å². The second-order valence-electron chi connectivity index (χ2n) is 9.45.